The molecule has 1 amide bonds. The van der Waals surface area contributed by atoms with Crippen LogP contribution in [0.1, 0.15) is 21.5 Å². The maximum absolute atomic E-state index is 12.7. The summed E-state index contributed by atoms with van der Waals surface area (Å²) >= 11 is 0. The zero-order chi connectivity index (χ0) is 17.5. The zero-order valence-corrected chi connectivity index (χ0v) is 15.4. The first-order valence-electron chi connectivity index (χ1n) is 8.69. The Kier molecular flexibility index (Phi) is 4.59. The first-order valence-corrected chi connectivity index (χ1v) is 8.69. The number of hydrogen-bond donors (Lipinski definition) is 2. The van der Waals surface area contributed by atoms with E-state index in [1.807, 2.05) is 35.0 Å². The molecule has 0 bridgehead atoms. The van der Waals surface area contributed by atoms with Gasteiger partial charge in [0.15, 0.2) is 0 Å². The molecule has 0 unspecified atom stereocenters. The molecule has 3 heterocycles. The molecule has 2 aliphatic heterocycles. The summed E-state index contributed by atoms with van der Waals surface area (Å²) in [5, 5.41) is 6.31. The van der Waals surface area contributed by atoms with Crippen molar-refractivity contribution >= 4 is 24.0 Å². The Morgan fingerprint density at radius 2 is 2.04 bits per heavy atom. The molecule has 0 saturated carbocycles. The monoisotopic (exact) mass is 382 g/mol. The number of anilines is 1. The van der Waals surface area contributed by atoms with Crippen LogP contribution in [0.4, 0.5) is 5.69 Å². The molecule has 0 atom stereocenters. The molecule has 0 fully saturated rings. The highest BCUT2D eigenvalue weighted by Crippen LogP contribution is 2.33. The van der Waals surface area contributed by atoms with Gasteiger partial charge in [-0.3, -0.25) is 4.79 Å². The van der Waals surface area contributed by atoms with Crippen molar-refractivity contribution in [2.75, 3.05) is 11.9 Å². The lowest BCUT2D eigenvalue weighted by Gasteiger charge is -2.11. The number of rotatable bonds is 2. The largest absolute Gasteiger partial charge is 0.491 e. The van der Waals surface area contributed by atoms with Crippen LogP contribution in [0.25, 0.3) is 11.3 Å². The van der Waals surface area contributed by atoms with Crippen molar-refractivity contribution in [1.82, 2.24) is 14.9 Å². The second-order valence-electron chi connectivity index (χ2n) is 6.57. The number of imidazole rings is 1. The second-order valence-corrected chi connectivity index (χ2v) is 6.57. The van der Waals surface area contributed by atoms with Crippen molar-refractivity contribution < 1.29 is 9.53 Å². The average molecular weight is 383 g/mol. The minimum atomic E-state index is -0.131. The van der Waals surface area contributed by atoms with Crippen molar-refractivity contribution in [3.8, 4) is 17.0 Å². The van der Waals surface area contributed by atoms with Gasteiger partial charge in [-0.1, -0.05) is 6.07 Å². The number of fused-ring (bicyclic) bond motifs is 4. The Bertz CT molecular complexity index is 1010. The molecule has 1 aromatic heterocycles. The maximum Gasteiger partial charge on any atom is 0.255 e. The van der Waals surface area contributed by atoms with Gasteiger partial charge in [-0.15, -0.1) is 12.4 Å². The molecular formula is C20H19ClN4O2. The number of nitrogens with zero attached hydrogens (tertiary/aromatic N) is 2. The summed E-state index contributed by atoms with van der Waals surface area (Å²) in [7, 11) is 0. The van der Waals surface area contributed by atoms with E-state index in [9.17, 15) is 4.79 Å². The Morgan fingerprint density at radius 1 is 1.15 bits per heavy atom. The molecule has 138 valence electrons. The number of hydrogen-bond acceptors (Lipinski definition) is 4. The van der Waals surface area contributed by atoms with Gasteiger partial charge >= 0.3 is 0 Å². The van der Waals surface area contributed by atoms with Crippen LogP contribution in [0, 0.1) is 0 Å². The minimum Gasteiger partial charge on any atom is -0.491 e. The van der Waals surface area contributed by atoms with Gasteiger partial charge < -0.3 is 19.9 Å². The van der Waals surface area contributed by atoms with E-state index in [-0.39, 0.29) is 18.3 Å². The lowest BCUT2D eigenvalue weighted by Crippen LogP contribution is -2.12. The van der Waals surface area contributed by atoms with Crippen LogP contribution >= 0.6 is 12.4 Å². The molecule has 5 rings (SSSR count). The van der Waals surface area contributed by atoms with Crippen molar-refractivity contribution in [2.24, 2.45) is 0 Å². The quantitative estimate of drug-likeness (QED) is 0.714. The number of carbonyl (C=O) groups is 1. The van der Waals surface area contributed by atoms with Crippen LogP contribution in [0.2, 0.25) is 0 Å². The van der Waals surface area contributed by atoms with Crippen molar-refractivity contribution in [3.63, 3.8) is 0 Å². The normalized spacial score (nSPS) is 14.1. The zero-order valence-electron chi connectivity index (χ0n) is 14.6. The number of benzene rings is 2. The average Bonchev–Trinajstić information content (AvgIpc) is 3.27. The van der Waals surface area contributed by atoms with Crippen LogP contribution in [-0.2, 0) is 19.6 Å². The predicted octanol–water partition coefficient (Wildman–Crippen LogP) is 3.22. The van der Waals surface area contributed by atoms with Crippen molar-refractivity contribution in [3.05, 3.63) is 65.6 Å². The predicted molar refractivity (Wildman–Crippen MR) is 105 cm³/mol. The van der Waals surface area contributed by atoms with Crippen LogP contribution in [-0.4, -0.2) is 22.1 Å². The lowest BCUT2D eigenvalue weighted by atomic mass is 10.1. The summed E-state index contributed by atoms with van der Waals surface area (Å²) < 4.78 is 7.85. The fraction of sp³-hybridized carbons (Fsp3) is 0.200. The molecule has 0 aliphatic carbocycles. The summed E-state index contributed by atoms with van der Waals surface area (Å²) in [6.07, 6.45) is 3.60. The van der Waals surface area contributed by atoms with Crippen molar-refractivity contribution in [2.45, 2.75) is 19.6 Å². The van der Waals surface area contributed by atoms with Gasteiger partial charge in [0.2, 0.25) is 0 Å². The molecule has 0 radical (unpaired) electrons. The van der Waals surface area contributed by atoms with Crippen LogP contribution in [0.3, 0.4) is 0 Å². The van der Waals surface area contributed by atoms with Gasteiger partial charge in [0.25, 0.3) is 5.91 Å². The Hall–Kier alpha value is -2.83. The summed E-state index contributed by atoms with van der Waals surface area (Å²) in [4.78, 5) is 17.0. The second kappa shape index (κ2) is 7.06. The number of nitrogens with one attached hydrogen (secondary N) is 2. The standard InChI is InChI=1S/C20H18N4O2.ClH/c25-20(23-16-3-1-14-9-21-10-15(14)7-16)13-2-4-19-17(8-13)18-11-22-12-24(18)5-6-26-19;/h1-4,7-8,11-12,21H,5-6,9-10H2,(H,23,25);1H. The molecule has 0 saturated heterocycles. The summed E-state index contributed by atoms with van der Waals surface area (Å²) in [6, 6.07) is 11.6. The summed E-state index contributed by atoms with van der Waals surface area (Å²) in [5.41, 5.74) is 5.80. The van der Waals surface area contributed by atoms with Crippen LogP contribution < -0.4 is 15.4 Å². The van der Waals surface area contributed by atoms with E-state index in [4.69, 9.17) is 4.74 Å². The number of carbonyl (C=O) groups excluding carboxylic acids is 1. The van der Waals surface area contributed by atoms with E-state index in [1.165, 1.54) is 11.1 Å². The van der Waals surface area contributed by atoms with E-state index < -0.39 is 0 Å². The third kappa shape index (κ3) is 3.18. The van der Waals surface area contributed by atoms with Gasteiger partial charge in [-0.2, -0.15) is 0 Å². The van der Waals surface area contributed by atoms with Crippen LogP contribution in [0.5, 0.6) is 5.75 Å². The summed E-state index contributed by atoms with van der Waals surface area (Å²) in [5.74, 6) is 0.651. The third-order valence-electron chi connectivity index (χ3n) is 4.91. The van der Waals surface area contributed by atoms with E-state index in [0.29, 0.717) is 12.2 Å². The van der Waals surface area contributed by atoms with Crippen molar-refractivity contribution in [1.29, 1.82) is 0 Å². The maximum atomic E-state index is 12.7. The van der Waals surface area contributed by atoms with E-state index in [0.717, 1.165) is 42.3 Å². The fourth-order valence-corrected chi connectivity index (χ4v) is 3.55. The first-order chi connectivity index (χ1) is 12.8. The number of amides is 1. The Labute approximate surface area is 163 Å². The van der Waals surface area contributed by atoms with Gasteiger partial charge in [0.1, 0.15) is 12.4 Å². The molecule has 3 aromatic rings. The van der Waals surface area contributed by atoms with E-state index in [1.54, 1.807) is 12.4 Å². The smallest absolute Gasteiger partial charge is 0.255 e. The van der Waals surface area contributed by atoms with E-state index >= 15 is 0 Å². The van der Waals surface area contributed by atoms with Gasteiger partial charge in [-0.05, 0) is 41.5 Å². The number of halogens is 1. The molecule has 7 heteroatoms. The molecule has 2 aromatic carbocycles. The Morgan fingerprint density at radius 3 is 2.96 bits per heavy atom. The number of aromatic nitrogens is 2. The lowest BCUT2D eigenvalue weighted by molar-refractivity contribution is 0.102. The van der Waals surface area contributed by atoms with E-state index in [2.05, 4.69) is 21.7 Å². The van der Waals surface area contributed by atoms with Gasteiger partial charge in [0.05, 0.1) is 24.8 Å². The third-order valence-corrected chi connectivity index (χ3v) is 4.91. The first kappa shape index (κ1) is 17.6. The fourth-order valence-electron chi connectivity index (χ4n) is 3.55. The SMILES string of the molecule is Cl.O=C(Nc1ccc2c(c1)CNC2)c1ccc2c(c1)-c1cncn1CCO2. The highest BCUT2D eigenvalue weighted by Gasteiger charge is 2.18. The molecule has 27 heavy (non-hydrogen) atoms. The molecular weight excluding hydrogens is 364 g/mol. The van der Waals surface area contributed by atoms with Gasteiger partial charge in [-0.25, -0.2) is 4.98 Å². The highest BCUT2D eigenvalue weighted by molar-refractivity contribution is 6.05. The van der Waals surface area contributed by atoms with Crippen LogP contribution in [0.15, 0.2) is 48.9 Å². The topological polar surface area (TPSA) is 68.2 Å². The molecule has 2 aliphatic rings. The number of ether oxygens (including phenoxy) is 1. The minimum absolute atomic E-state index is 0. The summed E-state index contributed by atoms with van der Waals surface area (Å²) in [6.45, 7) is 3.07. The Balaban J connectivity index is 0.00000180. The molecule has 0 spiro atoms. The molecule has 6 nitrogen and oxygen atoms in total. The van der Waals surface area contributed by atoms with Gasteiger partial charge in [0, 0.05) is 29.9 Å². The highest BCUT2D eigenvalue weighted by atomic mass is 35.5. The molecule has 2 N–H and O–H groups in total.